The van der Waals surface area contributed by atoms with Crippen LogP contribution in [0.1, 0.15) is 0 Å². The van der Waals surface area contributed by atoms with Crippen LogP contribution in [0.5, 0.6) is 0 Å². The van der Waals surface area contributed by atoms with E-state index in [2.05, 4.69) is 265 Å². The maximum Gasteiger partial charge on any atom is 0.0541 e. The van der Waals surface area contributed by atoms with E-state index in [1.807, 2.05) is 22.7 Å². The highest BCUT2D eigenvalue weighted by molar-refractivity contribution is 7.27. The third-order valence-electron chi connectivity index (χ3n) is 16.5. The third kappa shape index (κ3) is 6.15. The summed E-state index contributed by atoms with van der Waals surface area (Å²) >= 11 is 3.88. The van der Waals surface area contributed by atoms with E-state index < -0.39 is 0 Å². The second kappa shape index (κ2) is 16.6. The molecule has 0 radical (unpaired) electrons. The SMILES string of the molecule is c1ccc(-c2c3ccccc3c(-c3cc4cc(-c5c6ccccc6c(-c6ccc7c(c6)c6ccccc6n7-c6ccccc6)c6ccccc56)c5sc6ccccc6c5c4c4c3sc3ccccc34)c3ccccc23)cc1. The maximum absolute atomic E-state index is 2.57. The molecule has 17 aromatic rings. The number of rotatable bonds is 5. The normalized spacial score (nSPS) is 12.2. The molecular weight excluding hydrogens is 967 g/mol. The fourth-order valence-electron chi connectivity index (χ4n) is 13.4. The molecule has 0 atom stereocenters. The van der Waals surface area contributed by atoms with E-state index in [0.29, 0.717) is 0 Å². The molecule has 0 N–H and O–H groups in total. The first-order chi connectivity index (χ1) is 38.2. The van der Waals surface area contributed by atoms with E-state index in [9.17, 15) is 0 Å². The zero-order valence-electron chi connectivity index (χ0n) is 41.6. The van der Waals surface area contributed by atoms with Crippen molar-refractivity contribution in [3.05, 3.63) is 261 Å². The van der Waals surface area contributed by atoms with E-state index in [1.165, 1.54) is 161 Å². The van der Waals surface area contributed by atoms with Crippen molar-refractivity contribution in [2.24, 2.45) is 0 Å². The van der Waals surface area contributed by atoms with Gasteiger partial charge in [-0.1, -0.05) is 206 Å². The quantitative estimate of drug-likeness (QED) is 0.151. The molecule has 0 unspecified atom stereocenters. The molecule has 14 aromatic carbocycles. The predicted molar refractivity (Wildman–Crippen MR) is 336 cm³/mol. The van der Waals surface area contributed by atoms with E-state index in [0.717, 1.165) is 5.69 Å². The molecule has 0 bridgehead atoms. The van der Waals surface area contributed by atoms with Gasteiger partial charge in [0.05, 0.1) is 11.0 Å². The van der Waals surface area contributed by atoms with Crippen molar-refractivity contribution in [1.82, 2.24) is 4.57 Å². The van der Waals surface area contributed by atoms with Crippen molar-refractivity contribution >= 4 is 139 Å². The Hall–Kier alpha value is -9.38. The third-order valence-corrected chi connectivity index (χ3v) is 18.9. The van der Waals surface area contributed by atoms with Gasteiger partial charge in [-0.25, -0.2) is 0 Å². The minimum absolute atomic E-state index is 1.16. The van der Waals surface area contributed by atoms with Crippen LogP contribution < -0.4 is 0 Å². The first kappa shape index (κ1) is 42.9. The van der Waals surface area contributed by atoms with E-state index in [1.54, 1.807) is 0 Å². The zero-order chi connectivity index (χ0) is 50.3. The van der Waals surface area contributed by atoms with E-state index >= 15 is 0 Å². The van der Waals surface area contributed by atoms with Gasteiger partial charge in [0.15, 0.2) is 0 Å². The lowest BCUT2D eigenvalue weighted by Crippen LogP contribution is -1.94. The molecule has 0 aliphatic rings. The Bertz CT molecular complexity index is 5210. The van der Waals surface area contributed by atoms with Crippen LogP contribution in [0.4, 0.5) is 0 Å². The topological polar surface area (TPSA) is 4.93 Å². The summed E-state index contributed by atoms with van der Waals surface area (Å²) in [5, 5.41) is 20.4. The Morgan fingerprint density at radius 2 is 0.623 bits per heavy atom. The molecular formula is C74H43NS2. The molecule has 0 saturated heterocycles. The fourth-order valence-corrected chi connectivity index (χ4v) is 15.9. The molecule has 0 amide bonds. The summed E-state index contributed by atoms with van der Waals surface area (Å²) in [6.45, 7) is 0. The maximum atomic E-state index is 2.57. The summed E-state index contributed by atoms with van der Waals surface area (Å²) in [5.74, 6) is 0. The molecule has 0 aliphatic carbocycles. The summed E-state index contributed by atoms with van der Waals surface area (Å²) in [6.07, 6.45) is 0. The Balaban J connectivity index is 1.00. The fraction of sp³-hybridized carbons (Fsp3) is 0. The van der Waals surface area contributed by atoms with Crippen molar-refractivity contribution in [2.75, 3.05) is 0 Å². The van der Waals surface area contributed by atoms with Gasteiger partial charge in [-0.2, -0.15) is 0 Å². The molecule has 0 saturated carbocycles. The standard InChI is InChI=1S/C74H43NS2/c1-3-21-44(22-4-1)66-49-26-7-11-30-53(49)69(54-31-12-8-27-50(54)66)60-42-46-43-61(74-72(58-35-17-20-38-65(58)77-74)68(46)71-57-34-16-19-37-64(57)76-73(60)71)70-55-32-13-9-28-51(55)67(52-29-10-14-33-56(52)70)45-39-40-63-59(41-45)48-25-15-18-36-62(48)75(63)47-23-5-2-6-24-47/h1-43H. The average molecular weight is 1010 g/mol. The van der Waals surface area contributed by atoms with Gasteiger partial charge < -0.3 is 4.57 Å². The van der Waals surface area contributed by atoms with Crippen LogP contribution in [-0.4, -0.2) is 4.57 Å². The lowest BCUT2D eigenvalue weighted by Gasteiger charge is -2.20. The van der Waals surface area contributed by atoms with Crippen LogP contribution in [0.25, 0.3) is 166 Å². The Labute approximate surface area is 451 Å². The summed E-state index contributed by atoms with van der Waals surface area (Å²) in [5.41, 5.74) is 13.7. The monoisotopic (exact) mass is 1010 g/mol. The molecule has 0 fully saturated rings. The van der Waals surface area contributed by atoms with Crippen molar-refractivity contribution < 1.29 is 0 Å². The largest absolute Gasteiger partial charge is 0.309 e. The Morgan fingerprint density at radius 3 is 1.12 bits per heavy atom. The summed E-state index contributed by atoms with van der Waals surface area (Å²) in [6, 6.07) is 97.7. The van der Waals surface area contributed by atoms with Gasteiger partial charge in [-0.15, -0.1) is 22.7 Å². The van der Waals surface area contributed by atoms with Gasteiger partial charge in [0.25, 0.3) is 0 Å². The molecule has 3 heterocycles. The number of aromatic nitrogens is 1. The highest BCUT2D eigenvalue weighted by Gasteiger charge is 2.27. The number of thiophene rings is 2. The van der Waals surface area contributed by atoms with Gasteiger partial charge in [0, 0.05) is 73.3 Å². The Kier molecular flexibility index (Phi) is 9.23. The second-order valence-electron chi connectivity index (χ2n) is 20.5. The average Bonchev–Trinajstić information content (AvgIpc) is 4.35. The van der Waals surface area contributed by atoms with Crippen molar-refractivity contribution in [2.45, 2.75) is 0 Å². The summed E-state index contributed by atoms with van der Waals surface area (Å²) in [7, 11) is 0. The van der Waals surface area contributed by atoms with Crippen LogP contribution in [-0.2, 0) is 0 Å². The molecule has 0 aliphatic heterocycles. The summed E-state index contributed by atoms with van der Waals surface area (Å²) < 4.78 is 7.67. The first-order valence-corrected chi connectivity index (χ1v) is 28.1. The van der Waals surface area contributed by atoms with Crippen LogP contribution in [0, 0.1) is 0 Å². The lowest BCUT2D eigenvalue weighted by atomic mass is 9.83. The molecule has 0 spiro atoms. The number of nitrogens with zero attached hydrogens (tertiary/aromatic N) is 1. The predicted octanol–water partition coefficient (Wildman–Crippen LogP) is 22.0. The molecule has 3 heteroatoms. The zero-order valence-corrected chi connectivity index (χ0v) is 43.2. The number of hydrogen-bond donors (Lipinski definition) is 0. The minimum atomic E-state index is 1.16. The highest BCUT2D eigenvalue weighted by atomic mass is 32.1. The van der Waals surface area contributed by atoms with Crippen LogP contribution >= 0.6 is 22.7 Å². The van der Waals surface area contributed by atoms with Crippen molar-refractivity contribution in [3.63, 3.8) is 0 Å². The number of para-hydroxylation sites is 2. The molecule has 1 nitrogen and oxygen atoms in total. The van der Waals surface area contributed by atoms with E-state index in [-0.39, 0.29) is 0 Å². The van der Waals surface area contributed by atoms with Gasteiger partial charge in [0.2, 0.25) is 0 Å². The van der Waals surface area contributed by atoms with Crippen LogP contribution in [0.2, 0.25) is 0 Å². The molecule has 77 heavy (non-hydrogen) atoms. The van der Waals surface area contributed by atoms with Crippen LogP contribution in [0.3, 0.4) is 0 Å². The van der Waals surface area contributed by atoms with Gasteiger partial charge in [-0.3, -0.25) is 0 Å². The first-order valence-electron chi connectivity index (χ1n) is 26.5. The minimum Gasteiger partial charge on any atom is -0.309 e. The van der Waals surface area contributed by atoms with Gasteiger partial charge in [-0.05, 0) is 136 Å². The molecule has 356 valence electrons. The van der Waals surface area contributed by atoms with Crippen LogP contribution in [0.15, 0.2) is 261 Å². The smallest absolute Gasteiger partial charge is 0.0541 e. The van der Waals surface area contributed by atoms with Gasteiger partial charge in [0.1, 0.15) is 0 Å². The van der Waals surface area contributed by atoms with Crippen molar-refractivity contribution in [3.8, 4) is 50.2 Å². The Morgan fingerprint density at radius 1 is 0.247 bits per heavy atom. The summed E-state index contributed by atoms with van der Waals surface area (Å²) in [4.78, 5) is 0. The van der Waals surface area contributed by atoms with Crippen molar-refractivity contribution in [1.29, 1.82) is 0 Å². The second-order valence-corrected chi connectivity index (χ2v) is 22.6. The lowest BCUT2D eigenvalue weighted by molar-refractivity contribution is 1.18. The number of benzene rings is 14. The molecule has 3 aromatic heterocycles. The number of fused-ring (bicyclic) bond motifs is 16. The van der Waals surface area contributed by atoms with Gasteiger partial charge >= 0.3 is 0 Å². The number of hydrogen-bond acceptors (Lipinski definition) is 2. The van der Waals surface area contributed by atoms with E-state index in [4.69, 9.17) is 0 Å². The highest BCUT2D eigenvalue weighted by Crippen LogP contribution is 2.55. The molecule has 17 rings (SSSR count).